The van der Waals surface area contributed by atoms with Crippen molar-refractivity contribution in [3.8, 4) is 11.5 Å². The molecule has 2 aromatic rings. The minimum atomic E-state index is -0.180. The van der Waals surface area contributed by atoms with Gasteiger partial charge in [-0.1, -0.05) is 24.3 Å². The first-order valence-electron chi connectivity index (χ1n) is 9.58. The average Bonchev–Trinajstić information content (AvgIpc) is 3.00. The zero-order valence-corrected chi connectivity index (χ0v) is 16.3. The third kappa shape index (κ3) is 4.94. The van der Waals surface area contributed by atoms with E-state index in [0.29, 0.717) is 19.7 Å². The predicted octanol–water partition coefficient (Wildman–Crippen LogP) is 3.76. The Bertz CT molecular complexity index is 804. The highest BCUT2D eigenvalue weighted by atomic mass is 16.5. The van der Waals surface area contributed by atoms with E-state index in [4.69, 9.17) is 9.47 Å². The molecule has 1 unspecified atom stereocenters. The summed E-state index contributed by atoms with van der Waals surface area (Å²) in [6.07, 6.45) is 1.89. The SMILES string of the molecule is CCOc1cc2c(cc1CNC(=O)NCCc1ccccc1C)OC(C)C2. The highest BCUT2D eigenvalue weighted by Crippen LogP contribution is 2.35. The Hall–Kier alpha value is -2.69. The molecule has 5 heteroatoms. The maximum atomic E-state index is 12.2. The van der Waals surface area contributed by atoms with Crippen LogP contribution in [0.1, 0.15) is 36.1 Å². The standard InChI is InChI=1S/C22H28N2O3/c1-4-26-20-12-18-11-16(3)27-21(18)13-19(20)14-24-22(25)23-10-9-17-8-6-5-7-15(17)2/h5-8,12-13,16H,4,9-11,14H2,1-3H3,(H2,23,24,25). The van der Waals surface area contributed by atoms with Crippen molar-refractivity contribution in [2.75, 3.05) is 13.2 Å². The van der Waals surface area contributed by atoms with Gasteiger partial charge in [0.1, 0.15) is 17.6 Å². The number of carbonyl (C=O) groups is 1. The minimum Gasteiger partial charge on any atom is -0.494 e. The molecule has 0 aromatic heterocycles. The van der Waals surface area contributed by atoms with Crippen LogP contribution < -0.4 is 20.1 Å². The first-order chi connectivity index (χ1) is 13.1. The predicted molar refractivity (Wildman–Crippen MR) is 107 cm³/mol. The number of rotatable bonds is 7. The molecule has 2 N–H and O–H groups in total. The number of amides is 2. The van der Waals surface area contributed by atoms with E-state index < -0.39 is 0 Å². The van der Waals surface area contributed by atoms with Crippen molar-refractivity contribution in [1.29, 1.82) is 0 Å². The van der Waals surface area contributed by atoms with Crippen molar-refractivity contribution in [3.63, 3.8) is 0 Å². The number of benzene rings is 2. The van der Waals surface area contributed by atoms with E-state index in [2.05, 4.69) is 36.6 Å². The molecule has 0 radical (unpaired) electrons. The number of ether oxygens (including phenoxy) is 2. The van der Waals surface area contributed by atoms with Gasteiger partial charge in [-0.05, 0) is 50.5 Å². The van der Waals surface area contributed by atoms with Crippen LogP contribution in [-0.4, -0.2) is 25.3 Å². The van der Waals surface area contributed by atoms with Gasteiger partial charge < -0.3 is 20.1 Å². The number of hydrogen-bond acceptors (Lipinski definition) is 3. The summed E-state index contributed by atoms with van der Waals surface area (Å²) in [5.74, 6) is 1.71. The summed E-state index contributed by atoms with van der Waals surface area (Å²) in [5.41, 5.74) is 4.59. The number of hydrogen-bond donors (Lipinski definition) is 2. The summed E-state index contributed by atoms with van der Waals surface area (Å²) >= 11 is 0. The van der Waals surface area contributed by atoms with Crippen molar-refractivity contribution in [1.82, 2.24) is 10.6 Å². The molecule has 0 spiro atoms. The van der Waals surface area contributed by atoms with Gasteiger partial charge in [-0.25, -0.2) is 4.79 Å². The minimum absolute atomic E-state index is 0.180. The molecule has 2 aromatic carbocycles. The van der Waals surface area contributed by atoms with Gasteiger partial charge in [0.05, 0.1) is 6.61 Å². The summed E-state index contributed by atoms with van der Waals surface area (Å²) in [7, 11) is 0. The lowest BCUT2D eigenvalue weighted by Gasteiger charge is -2.14. The monoisotopic (exact) mass is 368 g/mol. The summed E-state index contributed by atoms with van der Waals surface area (Å²) in [4.78, 5) is 12.2. The van der Waals surface area contributed by atoms with Crippen molar-refractivity contribution >= 4 is 6.03 Å². The van der Waals surface area contributed by atoms with Crippen LogP contribution in [0.25, 0.3) is 0 Å². The zero-order chi connectivity index (χ0) is 19.2. The first kappa shape index (κ1) is 19.1. The third-order valence-electron chi connectivity index (χ3n) is 4.76. The van der Waals surface area contributed by atoms with Crippen LogP contribution in [0.2, 0.25) is 0 Å². The molecule has 27 heavy (non-hydrogen) atoms. The molecule has 1 aliphatic rings. The van der Waals surface area contributed by atoms with Gasteiger partial charge in [0.25, 0.3) is 0 Å². The van der Waals surface area contributed by atoms with E-state index in [-0.39, 0.29) is 12.1 Å². The largest absolute Gasteiger partial charge is 0.494 e. The van der Waals surface area contributed by atoms with E-state index in [0.717, 1.165) is 35.5 Å². The van der Waals surface area contributed by atoms with Gasteiger partial charge in [0.15, 0.2) is 0 Å². The van der Waals surface area contributed by atoms with E-state index in [1.165, 1.54) is 11.1 Å². The van der Waals surface area contributed by atoms with Crippen molar-refractivity contribution in [2.24, 2.45) is 0 Å². The normalized spacial score (nSPS) is 15.0. The Kier molecular flexibility index (Phi) is 6.22. The molecule has 2 amide bonds. The molecule has 0 aliphatic carbocycles. The Morgan fingerprint density at radius 3 is 2.81 bits per heavy atom. The second-order valence-electron chi connectivity index (χ2n) is 6.92. The topological polar surface area (TPSA) is 59.6 Å². The fraction of sp³-hybridized carbons (Fsp3) is 0.409. The Balaban J connectivity index is 1.54. The fourth-order valence-electron chi connectivity index (χ4n) is 3.35. The van der Waals surface area contributed by atoms with E-state index in [1.54, 1.807) is 0 Å². The van der Waals surface area contributed by atoms with Gasteiger partial charge in [-0.3, -0.25) is 0 Å². The molecular weight excluding hydrogens is 340 g/mol. The van der Waals surface area contributed by atoms with Crippen LogP contribution >= 0.6 is 0 Å². The Morgan fingerprint density at radius 2 is 2.04 bits per heavy atom. The molecule has 0 saturated heterocycles. The number of carbonyl (C=O) groups excluding carboxylic acids is 1. The van der Waals surface area contributed by atoms with Gasteiger partial charge in [0, 0.05) is 30.6 Å². The summed E-state index contributed by atoms with van der Waals surface area (Å²) in [6.45, 7) is 7.69. The lowest BCUT2D eigenvalue weighted by molar-refractivity contribution is 0.240. The first-order valence-corrected chi connectivity index (χ1v) is 9.58. The summed E-state index contributed by atoms with van der Waals surface area (Å²) in [5, 5.41) is 5.83. The van der Waals surface area contributed by atoms with Crippen LogP contribution in [0, 0.1) is 6.92 Å². The summed E-state index contributed by atoms with van der Waals surface area (Å²) in [6, 6.07) is 12.1. The zero-order valence-electron chi connectivity index (χ0n) is 16.3. The number of urea groups is 1. The number of nitrogens with one attached hydrogen (secondary N) is 2. The molecule has 5 nitrogen and oxygen atoms in total. The molecule has 144 valence electrons. The van der Waals surface area contributed by atoms with Crippen LogP contribution in [0.15, 0.2) is 36.4 Å². The van der Waals surface area contributed by atoms with Crippen LogP contribution in [0.5, 0.6) is 11.5 Å². The molecule has 1 atom stereocenters. The van der Waals surface area contributed by atoms with E-state index in [9.17, 15) is 4.79 Å². The lowest BCUT2D eigenvalue weighted by atomic mass is 10.1. The molecule has 0 bridgehead atoms. The van der Waals surface area contributed by atoms with Gasteiger partial charge >= 0.3 is 6.03 Å². The maximum absolute atomic E-state index is 12.2. The van der Waals surface area contributed by atoms with Crippen molar-refractivity contribution in [3.05, 3.63) is 58.7 Å². The second-order valence-corrected chi connectivity index (χ2v) is 6.92. The van der Waals surface area contributed by atoms with Crippen molar-refractivity contribution in [2.45, 2.75) is 46.3 Å². The Morgan fingerprint density at radius 1 is 1.22 bits per heavy atom. The van der Waals surface area contributed by atoms with E-state index >= 15 is 0 Å². The second kappa shape index (κ2) is 8.80. The van der Waals surface area contributed by atoms with Gasteiger partial charge in [0.2, 0.25) is 0 Å². The number of aryl methyl sites for hydroxylation is 1. The molecular formula is C22H28N2O3. The quantitative estimate of drug-likeness (QED) is 0.782. The smallest absolute Gasteiger partial charge is 0.315 e. The Labute approximate surface area is 161 Å². The summed E-state index contributed by atoms with van der Waals surface area (Å²) < 4.78 is 11.6. The van der Waals surface area contributed by atoms with Gasteiger partial charge in [-0.15, -0.1) is 0 Å². The number of fused-ring (bicyclic) bond motifs is 1. The molecule has 1 heterocycles. The van der Waals surface area contributed by atoms with Crippen LogP contribution in [-0.2, 0) is 19.4 Å². The molecule has 0 saturated carbocycles. The molecule has 0 fully saturated rings. The van der Waals surface area contributed by atoms with Crippen LogP contribution in [0.3, 0.4) is 0 Å². The van der Waals surface area contributed by atoms with Crippen molar-refractivity contribution < 1.29 is 14.3 Å². The van der Waals surface area contributed by atoms with E-state index in [1.807, 2.05) is 31.2 Å². The highest BCUT2D eigenvalue weighted by Gasteiger charge is 2.22. The fourth-order valence-corrected chi connectivity index (χ4v) is 3.35. The average molecular weight is 368 g/mol. The lowest BCUT2D eigenvalue weighted by Crippen LogP contribution is -2.36. The van der Waals surface area contributed by atoms with Gasteiger partial charge in [-0.2, -0.15) is 0 Å². The molecule has 3 rings (SSSR count). The highest BCUT2D eigenvalue weighted by molar-refractivity contribution is 5.74. The maximum Gasteiger partial charge on any atom is 0.315 e. The molecule has 1 aliphatic heterocycles. The van der Waals surface area contributed by atoms with Crippen LogP contribution in [0.4, 0.5) is 4.79 Å². The third-order valence-corrected chi connectivity index (χ3v) is 4.76.